The number of phenolic OH excluding ortho intramolecular Hbond substituents is 1. The van der Waals surface area contributed by atoms with E-state index in [0.29, 0.717) is 29.4 Å². The molecular weight excluding hydrogens is 350 g/mol. The van der Waals surface area contributed by atoms with Crippen molar-refractivity contribution in [1.29, 1.82) is 0 Å². The summed E-state index contributed by atoms with van der Waals surface area (Å²) in [5.74, 6) is -0.113. The molecule has 2 rings (SSSR count). The second-order valence-electron chi connectivity index (χ2n) is 5.38. The topological polar surface area (TPSA) is 94.1 Å². The molecule has 2 aromatic rings. The number of aromatic hydroxyl groups is 1. The number of ether oxygens (including phenoxy) is 3. The summed E-state index contributed by atoms with van der Waals surface area (Å²) in [6.45, 7) is 2.04. The Morgan fingerprint density at radius 1 is 1.15 bits per heavy atom. The van der Waals surface area contributed by atoms with Crippen LogP contribution in [0.25, 0.3) is 6.08 Å². The van der Waals surface area contributed by atoms with Gasteiger partial charge in [0.05, 0.1) is 13.7 Å². The van der Waals surface area contributed by atoms with Crippen LogP contribution in [0.5, 0.6) is 17.2 Å². The Labute approximate surface area is 157 Å². The van der Waals surface area contributed by atoms with Gasteiger partial charge in [0.25, 0.3) is 5.91 Å². The number of benzene rings is 2. The molecule has 7 heteroatoms. The van der Waals surface area contributed by atoms with Gasteiger partial charge in [0.15, 0.2) is 18.1 Å². The maximum absolute atomic E-state index is 11.8. The molecule has 0 saturated carbocycles. The molecule has 1 amide bonds. The first-order chi connectivity index (χ1) is 13.0. The van der Waals surface area contributed by atoms with Crippen LogP contribution in [0.1, 0.15) is 12.5 Å². The molecule has 0 bridgehead atoms. The van der Waals surface area contributed by atoms with Crippen LogP contribution >= 0.6 is 0 Å². The van der Waals surface area contributed by atoms with Gasteiger partial charge in [-0.2, -0.15) is 0 Å². The molecule has 0 fully saturated rings. The Hall–Kier alpha value is -3.48. The van der Waals surface area contributed by atoms with Crippen LogP contribution in [-0.4, -0.2) is 37.3 Å². The number of amides is 1. The summed E-state index contributed by atoms with van der Waals surface area (Å²) in [6.07, 6.45) is 2.69. The summed E-state index contributed by atoms with van der Waals surface area (Å²) in [5, 5.41) is 12.2. The number of methoxy groups -OCH3 is 1. The SMILES string of the molecule is CCOc1ccc(NC(=O)COC(=O)/C=C/c2ccc(O)c(OC)c2)cc1. The molecule has 0 aliphatic rings. The number of nitrogens with one attached hydrogen (secondary N) is 1. The van der Waals surface area contributed by atoms with Crippen molar-refractivity contribution < 1.29 is 28.9 Å². The Morgan fingerprint density at radius 2 is 1.89 bits per heavy atom. The number of hydrogen-bond donors (Lipinski definition) is 2. The van der Waals surface area contributed by atoms with E-state index in [2.05, 4.69) is 5.32 Å². The first kappa shape index (κ1) is 19.8. The third-order valence-corrected chi connectivity index (χ3v) is 3.41. The van der Waals surface area contributed by atoms with Gasteiger partial charge >= 0.3 is 5.97 Å². The van der Waals surface area contributed by atoms with Crippen molar-refractivity contribution in [3.8, 4) is 17.2 Å². The van der Waals surface area contributed by atoms with Crippen LogP contribution < -0.4 is 14.8 Å². The van der Waals surface area contributed by atoms with E-state index in [0.717, 1.165) is 0 Å². The smallest absolute Gasteiger partial charge is 0.331 e. The van der Waals surface area contributed by atoms with E-state index in [1.807, 2.05) is 6.92 Å². The van der Waals surface area contributed by atoms with Crippen molar-refractivity contribution in [3.63, 3.8) is 0 Å². The lowest BCUT2D eigenvalue weighted by Gasteiger charge is -2.07. The zero-order valence-electron chi connectivity index (χ0n) is 15.1. The number of carbonyl (C=O) groups is 2. The zero-order chi connectivity index (χ0) is 19.6. The predicted octanol–water partition coefficient (Wildman–Crippen LogP) is 2.99. The minimum Gasteiger partial charge on any atom is -0.504 e. The van der Waals surface area contributed by atoms with Gasteiger partial charge in [-0.1, -0.05) is 6.07 Å². The highest BCUT2D eigenvalue weighted by Crippen LogP contribution is 2.26. The number of carbonyl (C=O) groups excluding carboxylic acids is 2. The van der Waals surface area contributed by atoms with Gasteiger partial charge in [-0.15, -0.1) is 0 Å². The molecule has 0 spiro atoms. The third-order valence-electron chi connectivity index (χ3n) is 3.41. The molecule has 0 saturated heterocycles. The largest absolute Gasteiger partial charge is 0.504 e. The summed E-state index contributed by atoms with van der Waals surface area (Å²) in [5.41, 5.74) is 1.21. The van der Waals surface area contributed by atoms with Crippen molar-refractivity contribution >= 4 is 23.6 Å². The molecule has 2 N–H and O–H groups in total. The van der Waals surface area contributed by atoms with Crippen molar-refractivity contribution in [3.05, 3.63) is 54.1 Å². The zero-order valence-corrected chi connectivity index (χ0v) is 15.1. The van der Waals surface area contributed by atoms with Crippen molar-refractivity contribution in [2.75, 3.05) is 25.6 Å². The van der Waals surface area contributed by atoms with E-state index in [-0.39, 0.29) is 5.75 Å². The average Bonchev–Trinajstić information content (AvgIpc) is 2.67. The van der Waals surface area contributed by atoms with Gasteiger partial charge in [-0.05, 0) is 55.0 Å². The van der Waals surface area contributed by atoms with E-state index in [1.54, 1.807) is 36.4 Å². The van der Waals surface area contributed by atoms with E-state index < -0.39 is 18.5 Å². The molecule has 0 aliphatic carbocycles. The van der Waals surface area contributed by atoms with Gasteiger partial charge in [0, 0.05) is 11.8 Å². The summed E-state index contributed by atoms with van der Waals surface area (Å²) in [6, 6.07) is 11.5. The molecule has 0 radical (unpaired) electrons. The molecule has 27 heavy (non-hydrogen) atoms. The first-order valence-electron chi connectivity index (χ1n) is 8.26. The quantitative estimate of drug-likeness (QED) is 0.547. The van der Waals surface area contributed by atoms with Gasteiger partial charge in [0.2, 0.25) is 0 Å². The lowest BCUT2D eigenvalue weighted by molar-refractivity contribution is -0.142. The molecule has 0 heterocycles. The number of rotatable bonds is 8. The highest BCUT2D eigenvalue weighted by Gasteiger charge is 2.06. The van der Waals surface area contributed by atoms with Crippen molar-refractivity contribution in [2.24, 2.45) is 0 Å². The predicted molar refractivity (Wildman–Crippen MR) is 101 cm³/mol. The summed E-state index contributed by atoms with van der Waals surface area (Å²) in [7, 11) is 1.43. The van der Waals surface area contributed by atoms with Crippen LogP contribution in [0.15, 0.2) is 48.5 Å². The molecule has 0 unspecified atom stereocenters. The Kier molecular flexibility index (Phi) is 7.25. The van der Waals surface area contributed by atoms with E-state index in [1.165, 1.54) is 25.3 Å². The molecule has 0 atom stereocenters. The molecular formula is C20H21NO6. The summed E-state index contributed by atoms with van der Waals surface area (Å²) < 4.78 is 15.2. The Balaban J connectivity index is 1.81. The maximum atomic E-state index is 11.8. The van der Waals surface area contributed by atoms with Gasteiger partial charge < -0.3 is 24.6 Å². The average molecular weight is 371 g/mol. The maximum Gasteiger partial charge on any atom is 0.331 e. The normalized spacial score (nSPS) is 10.4. The number of anilines is 1. The van der Waals surface area contributed by atoms with Crippen LogP contribution in [0.2, 0.25) is 0 Å². The summed E-state index contributed by atoms with van der Waals surface area (Å²) in [4.78, 5) is 23.6. The minimum absolute atomic E-state index is 0.00295. The Morgan fingerprint density at radius 3 is 2.56 bits per heavy atom. The highest BCUT2D eigenvalue weighted by atomic mass is 16.5. The fraction of sp³-hybridized carbons (Fsp3) is 0.200. The molecule has 2 aromatic carbocycles. The standard InChI is InChI=1S/C20H21NO6/c1-3-26-16-8-6-15(7-9-16)21-19(23)13-27-20(24)11-5-14-4-10-17(22)18(12-14)25-2/h4-12,22H,3,13H2,1-2H3,(H,21,23)/b11-5+. The van der Waals surface area contributed by atoms with E-state index in [4.69, 9.17) is 14.2 Å². The monoisotopic (exact) mass is 371 g/mol. The molecule has 0 aromatic heterocycles. The van der Waals surface area contributed by atoms with Gasteiger partial charge in [-0.25, -0.2) is 4.79 Å². The van der Waals surface area contributed by atoms with Crippen LogP contribution in [-0.2, 0) is 14.3 Å². The fourth-order valence-electron chi connectivity index (χ4n) is 2.15. The number of hydrogen-bond acceptors (Lipinski definition) is 6. The first-order valence-corrected chi connectivity index (χ1v) is 8.26. The summed E-state index contributed by atoms with van der Waals surface area (Å²) >= 11 is 0. The van der Waals surface area contributed by atoms with Crippen LogP contribution in [0.3, 0.4) is 0 Å². The highest BCUT2D eigenvalue weighted by molar-refractivity contribution is 5.94. The van der Waals surface area contributed by atoms with E-state index >= 15 is 0 Å². The molecule has 0 aliphatic heterocycles. The second kappa shape index (κ2) is 9.86. The molecule has 142 valence electrons. The van der Waals surface area contributed by atoms with E-state index in [9.17, 15) is 14.7 Å². The lowest BCUT2D eigenvalue weighted by Crippen LogP contribution is -2.20. The third kappa shape index (κ3) is 6.39. The van der Waals surface area contributed by atoms with Crippen molar-refractivity contribution in [1.82, 2.24) is 0 Å². The lowest BCUT2D eigenvalue weighted by atomic mass is 10.2. The van der Waals surface area contributed by atoms with Gasteiger partial charge in [0.1, 0.15) is 5.75 Å². The second-order valence-corrected chi connectivity index (χ2v) is 5.38. The minimum atomic E-state index is -0.663. The van der Waals surface area contributed by atoms with Gasteiger partial charge in [-0.3, -0.25) is 4.79 Å². The fourth-order valence-corrected chi connectivity index (χ4v) is 2.15. The number of phenols is 1. The Bertz CT molecular complexity index is 814. The van der Waals surface area contributed by atoms with Crippen LogP contribution in [0, 0.1) is 0 Å². The number of esters is 1. The van der Waals surface area contributed by atoms with Crippen LogP contribution in [0.4, 0.5) is 5.69 Å². The van der Waals surface area contributed by atoms with Crippen molar-refractivity contribution in [2.45, 2.75) is 6.92 Å². The molecule has 7 nitrogen and oxygen atoms in total.